The molecule has 0 spiro atoms. The van der Waals surface area contributed by atoms with Gasteiger partial charge in [0.25, 0.3) is 6.71 Å². The van der Waals surface area contributed by atoms with Crippen LogP contribution in [-0.4, -0.2) is 11.3 Å². The first-order valence-electron chi connectivity index (χ1n) is 32.7. The minimum atomic E-state index is -0.312. The van der Waals surface area contributed by atoms with Crippen LogP contribution >= 0.6 is 0 Å². The van der Waals surface area contributed by atoms with Gasteiger partial charge in [-0.2, -0.15) is 0 Å². The first-order valence-corrected chi connectivity index (χ1v) is 32.7. The Morgan fingerprint density at radius 2 is 0.789 bits per heavy atom. The maximum atomic E-state index is 2.73. The number of para-hydroxylation sites is 1. The Balaban J connectivity index is 1.13. The number of rotatable bonds is 8. The normalized spacial score (nSPS) is 14.1. The molecule has 0 radical (unpaired) electrons. The van der Waals surface area contributed by atoms with E-state index in [-0.39, 0.29) is 39.2 Å². The van der Waals surface area contributed by atoms with Crippen LogP contribution in [0.2, 0.25) is 0 Å². The molecule has 5 heteroatoms. The minimum absolute atomic E-state index is 0.00251. The van der Waals surface area contributed by atoms with E-state index in [1.165, 1.54) is 94.3 Å². The average Bonchev–Trinajstić information content (AvgIpc) is 1.42. The maximum Gasteiger partial charge on any atom is 0.252 e. The Morgan fingerprint density at radius 3 is 1.30 bits per heavy atom. The van der Waals surface area contributed by atoms with Gasteiger partial charge in [-0.05, 0) is 173 Å². The SMILES string of the molecule is CC(C)(C)c1ccc(N(c2ccc(C(C)(C)C)cc2)c2ccc3c(c2)N(c2ccc(C(C)(C)C)cc2-c2ccccc2)c2cc(N(c4ccc(C(C)(C)C)cc4)c4ccc(C(C)(C)C)cc4)cc4c2B3c2cccc3c5c(n-4c23)C(C)(C)c2ccccc2-5)cc1. The van der Waals surface area contributed by atoms with Gasteiger partial charge >= 0.3 is 0 Å². The fourth-order valence-electron chi connectivity index (χ4n) is 14.8. The second kappa shape index (κ2) is 20.6. The molecule has 0 N–H and O–H groups in total. The zero-order valence-electron chi connectivity index (χ0n) is 56.2. The highest BCUT2D eigenvalue weighted by Crippen LogP contribution is 2.56. The van der Waals surface area contributed by atoms with E-state index in [0.29, 0.717) is 0 Å². The first kappa shape index (κ1) is 58.9. The summed E-state index contributed by atoms with van der Waals surface area (Å²) in [6.07, 6.45) is 0. The van der Waals surface area contributed by atoms with Gasteiger partial charge in [0.2, 0.25) is 0 Å². The largest absolute Gasteiger partial charge is 0.313 e. The quantitative estimate of drug-likeness (QED) is 0.141. The molecule has 11 aromatic rings. The van der Waals surface area contributed by atoms with Crippen molar-refractivity contribution in [1.82, 2.24) is 4.57 Å². The summed E-state index contributed by atoms with van der Waals surface area (Å²) in [5.41, 5.74) is 30.3. The van der Waals surface area contributed by atoms with Gasteiger partial charge in [-0.3, -0.25) is 0 Å². The molecule has 4 nitrogen and oxygen atoms in total. The lowest BCUT2D eigenvalue weighted by atomic mass is 9.33. The molecule has 0 amide bonds. The molecule has 3 heterocycles. The van der Waals surface area contributed by atoms with Crippen molar-refractivity contribution < 1.29 is 0 Å². The van der Waals surface area contributed by atoms with Gasteiger partial charge in [-0.1, -0.05) is 251 Å². The third kappa shape index (κ3) is 9.64. The second-order valence-electron chi connectivity index (χ2n) is 31.6. The summed E-state index contributed by atoms with van der Waals surface area (Å²) in [5, 5.41) is 1.30. The fourth-order valence-corrected chi connectivity index (χ4v) is 14.8. The van der Waals surface area contributed by atoms with Crippen molar-refractivity contribution in [2.45, 2.75) is 150 Å². The van der Waals surface area contributed by atoms with Gasteiger partial charge in [0, 0.05) is 78.6 Å². The van der Waals surface area contributed by atoms with E-state index < -0.39 is 0 Å². The lowest BCUT2D eigenvalue weighted by Gasteiger charge is -2.43. The predicted octanol–water partition coefficient (Wildman–Crippen LogP) is 21.6. The summed E-state index contributed by atoms with van der Waals surface area (Å²) < 4.78 is 2.73. The van der Waals surface area contributed by atoms with Crippen LogP contribution in [0.3, 0.4) is 0 Å². The molecular weight excluding hydrogens is 1090 g/mol. The summed E-state index contributed by atoms with van der Waals surface area (Å²) in [4.78, 5) is 7.69. The van der Waals surface area contributed by atoms with Crippen LogP contribution in [0.4, 0.5) is 51.2 Å². The van der Waals surface area contributed by atoms with Crippen LogP contribution in [0.15, 0.2) is 218 Å². The van der Waals surface area contributed by atoms with E-state index in [1.54, 1.807) is 0 Å². The lowest BCUT2D eigenvalue weighted by Crippen LogP contribution is -2.60. The Hall–Kier alpha value is -8.80. The Bertz CT molecular complexity index is 4490. The van der Waals surface area contributed by atoms with Gasteiger partial charge in [0.15, 0.2) is 0 Å². The van der Waals surface area contributed by atoms with E-state index in [4.69, 9.17) is 0 Å². The van der Waals surface area contributed by atoms with Crippen LogP contribution in [0.5, 0.6) is 0 Å². The third-order valence-corrected chi connectivity index (χ3v) is 19.9. The molecule has 10 aromatic carbocycles. The molecule has 2 aliphatic heterocycles. The van der Waals surface area contributed by atoms with Gasteiger partial charge in [-0.25, -0.2) is 0 Å². The summed E-state index contributed by atoms with van der Waals surface area (Å²) in [6.45, 7) is 39.5. The van der Waals surface area contributed by atoms with E-state index >= 15 is 0 Å². The monoisotopic (exact) mass is 1170 g/mol. The second-order valence-corrected chi connectivity index (χ2v) is 31.6. The number of nitrogens with zero attached hydrogens (tertiary/aromatic N) is 4. The highest BCUT2D eigenvalue weighted by Gasteiger charge is 2.48. The highest BCUT2D eigenvalue weighted by atomic mass is 15.2. The van der Waals surface area contributed by atoms with Crippen LogP contribution < -0.4 is 31.1 Å². The van der Waals surface area contributed by atoms with Crippen molar-refractivity contribution in [3.05, 3.63) is 257 Å². The molecular formula is C85H87BN4. The first-order chi connectivity index (χ1) is 42.6. The third-order valence-electron chi connectivity index (χ3n) is 19.9. The van der Waals surface area contributed by atoms with Gasteiger partial charge in [0.1, 0.15) is 0 Å². The maximum absolute atomic E-state index is 2.73. The van der Waals surface area contributed by atoms with E-state index in [1.807, 2.05) is 0 Å². The van der Waals surface area contributed by atoms with Gasteiger partial charge in [0.05, 0.1) is 11.4 Å². The van der Waals surface area contributed by atoms with Crippen LogP contribution in [-0.2, 0) is 32.5 Å². The van der Waals surface area contributed by atoms with Crippen LogP contribution in [0.25, 0.3) is 38.8 Å². The van der Waals surface area contributed by atoms with Crippen LogP contribution in [0, 0.1) is 0 Å². The molecule has 0 fully saturated rings. The van der Waals surface area contributed by atoms with Crippen LogP contribution in [0.1, 0.15) is 157 Å². The molecule has 0 atom stereocenters. The summed E-state index contributed by atoms with van der Waals surface area (Å²) >= 11 is 0. The zero-order chi connectivity index (χ0) is 63.4. The van der Waals surface area contributed by atoms with E-state index in [9.17, 15) is 0 Å². The average molecular weight is 1180 g/mol. The minimum Gasteiger partial charge on any atom is -0.313 e. The molecule has 450 valence electrons. The van der Waals surface area contributed by atoms with Gasteiger partial charge < -0.3 is 19.3 Å². The molecule has 0 unspecified atom stereocenters. The van der Waals surface area contributed by atoms with Gasteiger partial charge in [-0.15, -0.1) is 0 Å². The molecule has 90 heavy (non-hydrogen) atoms. The molecule has 1 aliphatic carbocycles. The number of benzene rings is 10. The summed E-state index contributed by atoms with van der Waals surface area (Å²) in [6, 6.07) is 84.7. The smallest absolute Gasteiger partial charge is 0.252 e. The highest BCUT2D eigenvalue weighted by molar-refractivity contribution is 7.00. The topological polar surface area (TPSA) is 14.7 Å². The Kier molecular flexibility index (Phi) is 13.5. The van der Waals surface area contributed by atoms with Crippen molar-refractivity contribution in [2.24, 2.45) is 0 Å². The van der Waals surface area contributed by atoms with E-state index in [0.717, 1.165) is 51.2 Å². The number of hydrogen-bond acceptors (Lipinski definition) is 3. The van der Waals surface area contributed by atoms with E-state index in [2.05, 4.69) is 355 Å². The number of fused-ring (bicyclic) bond motifs is 9. The lowest BCUT2D eigenvalue weighted by molar-refractivity contribution is 0.590. The fraction of sp³-hybridized carbons (Fsp3) is 0.271. The molecule has 0 saturated carbocycles. The molecule has 14 rings (SSSR count). The molecule has 0 bridgehead atoms. The summed E-state index contributed by atoms with van der Waals surface area (Å²) in [5.74, 6) is 0. The predicted molar refractivity (Wildman–Crippen MR) is 388 cm³/mol. The number of hydrogen-bond donors (Lipinski definition) is 0. The standard InChI is InChI=1S/C85H87BN4/c1-80(2,3)55-30-39-60(40-31-55)87(61-41-32-56(33-42-61)81(4,5)6)64-47-48-70-73(51-64)89(72-49-38-59(84(13,14)15)50-68(72)54-24-19-18-20-25-54)74-52-65(88(62-43-34-57(35-44-62)82(7,8)9)63-45-36-58(37-46-63)83(10,11)12)53-75-77(74)86(70)71-29-23-27-67-76-66-26-21-22-28-69(66)85(16,17)79(76)90(75)78(67)71/h18-53H,1-17H3. The molecule has 0 saturated heterocycles. The van der Waals surface area contributed by atoms with Crippen molar-refractivity contribution in [3.63, 3.8) is 0 Å². The van der Waals surface area contributed by atoms with Crippen molar-refractivity contribution in [1.29, 1.82) is 0 Å². The van der Waals surface area contributed by atoms with Crippen molar-refractivity contribution in [3.8, 4) is 27.9 Å². The van der Waals surface area contributed by atoms with Crippen molar-refractivity contribution >= 4 is 85.2 Å². The van der Waals surface area contributed by atoms with Crippen molar-refractivity contribution in [2.75, 3.05) is 14.7 Å². The molecule has 3 aliphatic rings. The number of anilines is 9. The zero-order valence-corrected chi connectivity index (χ0v) is 56.2. The summed E-state index contributed by atoms with van der Waals surface area (Å²) in [7, 11) is 0. The number of aromatic nitrogens is 1. The molecule has 1 aromatic heterocycles. The Labute approximate surface area is 537 Å². The Morgan fingerprint density at radius 1 is 0.344 bits per heavy atom.